The van der Waals surface area contributed by atoms with Crippen LogP contribution in [0, 0.1) is 5.82 Å². The van der Waals surface area contributed by atoms with Gasteiger partial charge in [0.1, 0.15) is 5.82 Å². The molecule has 0 atom stereocenters. The maximum absolute atomic E-state index is 13.0. The van der Waals surface area contributed by atoms with Crippen molar-refractivity contribution in [1.82, 2.24) is 10.6 Å². The lowest BCUT2D eigenvalue weighted by Gasteiger charge is -2.28. The molecule has 1 heterocycles. The van der Waals surface area contributed by atoms with Crippen LogP contribution in [0.25, 0.3) is 0 Å². The van der Waals surface area contributed by atoms with E-state index in [-0.39, 0.29) is 28.5 Å². The molecular formula is C19H20ClFN2O2S. The Morgan fingerprint density at radius 1 is 1.19 bits per heavy atom. The zero-order valence-corrected chi connectivity index (χ0v) is 15.8. The van der Waals surface area contributed by atoms with Gasteiger partial charge in [0.05, 0.1) is 17.1 Å². The fraction of sp³-hybridized carbons (Fsp3) is 0.368. The molecule has 1 aromatic heterocycles. The summed E-state index contributed by atoms with van der Waals surface area (Å²) in [4.78, 5) is 25.6. The number of hydrogen-bond acceptors (Lipinski definition) is 3. The van der Waals surface area contributed by atoms with Gasteiger partial charge in [-0.2, -0.15) is 0 Å². The molecule has 0 aliphatic heterocycles. The van der Waals surface area contributed by atoms with Crippen LogP contribution in [0.3, 0.4) is 0 Å². The molecule has 2 N–H and O–H groups in total. The summed E-state index contributed by atoms with van der Waals surface area (Å²) in [6, 6.07) is 7.69. The molecule has 4 nitrogen and oxygen atoms in total. The highest BCUT2D eigenvalue weighted by Crippen LogP contribution is 2.42. The molecule has 1 aromatic carbocycles. The second-order valence-corrected chi connectivity index (χ2v) is 7.90. The van der Waals surface area contributed by atoms with E-state index in [9.17, 15) is 14.0 Å². The molecule has 138 valence electrons. The summed E-state index contributed by atoms with van der Waals surface area (Å²) in [5.74, 6) is -1.27. The molecule has 2 aromatic rings. The van der Waals surface area contributed by atoms with Crippen LogP contribution < -0.4 is 10.6 Å². The van der Waals surface area contributed by atoms with E-state index in [0.717, 1.165) is 37.8 Å². The van der Waals surface area contributed by atoms with E-state index in [1.165, 1.54) is 10.9 Å². The van der Waals surface area contributed by atoms with Gasteiger partial charge in [-0.05, 0) is 42.5 Å². The number of amides is 2. The van der Waals surface area contributed by atoms with Gasteiger partial charge in [0, 0.05) is 16.8 Å². The number of nitrogens with one attached hydrogen (secondary N) is 2. The Balaban J connectivity index is 1.53. The second kappa shape index (κ2) is 8.18. The minimum Gasteiger partial charge on any atom is -0.354 e. The fourth-order valence-corrected chi connectivity index (χ4v) is 4.64. The largest absolute Gasteiger partial charge is 0.354 e. The average Bonchev–Trinajstić information content (AvgIpc) is 3.30. The lowest BCUT2D eigenvalue weighted by Crippen LogP contribution is -2.43. The van der Waals surface area contributed by atoms with E-state index < -0.39 is 11.7 Å². The normalized spacial score (nSPS) is 15.6. The van der Waals surface area contributed by atoms with Crippen LogP contribution >= 0.6 is 22.9 Å². The van der Waals surface area contributed by atoms with Crippen molar-refractivity contribution in [1.29, 1.82) is 0 Å². The van der Waals surface area contributed by atoms with Crippen molar-refractivity contribution >= 4 is 34.8 Å². The van der Waals surface area contributed by atoms with E-state index in [2.05, 4.69) is 22.1 Å². The van der Waals surface area contributed by atoms with Crippen LogP contribution in [0.2, 0.25) is 5.02 Å². The van der Waals surface area contributed by atoms with Gasteiger partial charge < -0.3 is 10.6 Å². The highest BCUT2D eigenvalue weighted by Gasteiger charge is 2.36. The number of hydrogen-bond donors (Lipinski definition) is 2. The minimum atomic E-state index is -0.514. The fourth-order valence-electron chi connectivity index (χ4n) is 3.40. The predicted octanol–water partition coefficient (Wildman–Crippen LogP) is 3.90. The Labute approximate surface area is 160 Å². The Bertz CT molecular complexity index is 789. The van der Waals surface area contributed by atoms with E-state index in [1.54, 1.807) is 11.3 Å². The molecular weight excluding hydrogens is 375 g/mol. The van der Waals surface area contributed by atoms with E-state index in [1.807, 2.05) is 6.07 Å². The van der Waals surface area contributed by atoms with Crippen LogP contribution in [0.4, 0.5) is 4.39 Å². The average molecular weight is 395 g/mol. The molecule has 1 aliphatic carbocycles. The smallest absolute Gasteiger partial charge is 0.253 e. The van der Waals surface area contributed by atoms with Crippen molar-refractivity contribution in [3.8, 4) is 0 Å². The Hall–Kier alpha value is -1.92. The third-order valence-electron chi connectivity index (χ3n) is 4.81. The molecule has 0 bridgehead atoms. The van der Waals surface area contributed by atoms with Gasteiger partial charge in [-0.25, -0.2) is 4.39 Å². The zero-order valence-electron chi connectivity index (χ0n) is 14.2. The Morgan fingerprint density at radius 3 is 2.62 bits per heavy atom. The number of benzene rings is 1. The molecule has 0 spiro atoms. The summed E-state index contributed by atoms with van der Waals surface area (Å²) in [6.07, 6.45) is 4.44. The first-order chi connectivity index (χ1) is 12.5. The SMILES string of the molecule is O=C(CNC(=O)c1ccc(F)cc1Cl)NCC1(c2cccs2)CCCC1. The predicted molar refractivity (Wildman–Crippen MR) is 101 cm³/mol. The summed E-state index contributed by atoms with van der Waals surface area (Å²) in [6.45, 7) is 0.423. The lowest BCUT2D eigenvalue weighted by molar-refractivity contribution is -0.120. The van der Waals surface area contributed by atoms with Crippen molar-refractivity contribution in [2.45, 2.75) is 31.1 Å². The number of carbonyl (C=O) groups is 2. The molecule has 1 saturated carbocycles. The van der Waals surface area contributed by atoms with Gasteiger partial charge in [-0.3, -0.25) is 9.59 Å². The zero-order chi connectivity index (χ0) is 18.6. The molecule has 0 saturated heterocycles. The molecule has 1 fully saturated rings. The molecule has 1 aliphatic rings. The minimum absolute atomic E-state index is 0.00804. The van der Waals surface area contributed by atoms with Gasteiger partial charge in [0.25, 0.3) is 5.91 Å². The summed E-state index contributed by atoms with van der Waals surface area (Å²) in [7, 11) is 0. The maximum atomic E-state index is 13.0. The second-order valence-electron chi connectivity index (χ2n) is 6.55. The number of thiophene rings is 1. The van der Waals surface area contributed by atoms with Crippen LogP contribution in [0.15, 0.2) is 35.7 Å². The van der Waals surface area contributed by atoms with Crippen LogP contribution in [0.1, 0.15) is 40.9 Å². The van der Waals surface area contributed by atoms with Gasteiger partial charge in [-0.15, -0.1) is 11.3 Å². The Kier molecular flexibility index (Phi) is 5.94. The molecule has 0 radical (unpaired) electrons. The monoisotopic (exact) mass is 394 g/mol. The molecule has 3 rings (SSSR count). The number of rotatable bonds is 6. The van der Waals surface area contributed by atoms with Gasteiger partial charge >= 0.3 is 0 Å². The number of halogens is 2. The topological polar surface area (TPSA) is 58.2 Å². The maximum Gasteiger partial charge on any atom is 0.253 e. The van der Waals surface area contributed by atoms with Gasteiger partial charge in [-0.1, -0.05) is 30.5 Å². The van der Waals surface area contributed by atoms with Crippen molar-refractivity contribution < 1.29 is 14.0 Å². The molecule has 2 amide bonds. The number of carbonyl (C=O) groups excluding carboxylic acids is 2. The van der Waals surface area contributed by atoms with Crippen molar-refractivity contribution in [3.05, 3.63) is 57.0 Å². The van der Waals surface area contributed by atoms with Crippen molar-refractivity contribution in [3.63, 3.8) is 0 Å². The highest BCUT2D eigenvalue weighted by molar-refractivity contribution is 7.10. The standard InChI is InChI=1S/C19H20ClFN2O2S/c20-15-10-13(21)5-6-14(15)18(25)22-11-17(24)23-12-19(7-1-2-8-19)16-4-3-9-26-16/h3-6,9-10H,1-2,7-8,11-12H2,(H,22,25)(H,23,24). The molecule has 7 heteroatoms. The van der Waals surface area contributed by atoms with Crippen molar-refractivity contribution in [2.24, 2.45) is 0 Å². The highest BCUT2D eigenvalue weighted by atomic mass is 35.5. The summed E-state index contributed by atoms with van der Waals surface area (Å²) in [5, 5.41) is 7.55. The first kappa shape index (κ1) is 18.9. The molecule has 0 unspecified atom stereocenters. The van der Waals surface area contributed by atoms with E-state index in [4.69, 9.17) is 11.6 Å². The third kappa shape index (κ3) is 4.24. The molecule has 26 heavy (non-hydrogen) atoms. The first-order valence-electron chi connectivity index (χ1n) is 8.54. The van der Waals surface area contributed by atoms with Crippen LogP contribution in [-0.4, -0.2) is 24.9 Å². The van der Waals surface area contributed by atoms with Crippen molar-refractivity contribution in [2.75, 3.05) is 13.1 Å². The quantitative estimate of drug-likeness (QED) is 0.780. The summed E-state index contributed by atoms with van der Waals surface area (Å²) in [5.41, 5.74) is 0.153. The van der Waals surface area contributed by atoms with E-state index in [0.29, 0.717) is 6.54 Å². The summed E-state index contributed by atoms with van der Waals surface area (Å²) >= 11 is 7.58. The van der Waals surface area contributed by atoms with Gasteiger partial charge in [0.2, 0.25) is 5.91 Å². The van der Waals surface area contributed by atoms with E-state index >= 15 is 0 Å². The van der Waals surface area contributed by atoms with Crippen LogP contribution in [0.5, 0.6) is 0 Å². The Morgan fingerprint density at radius 2 is 1.96 bits per heavy atom. The van der Waals surface area contributed by atoms with Gasteiger partial charge in [0.15, 0.2) is 0 Å². The summed E-state index contributed by atoms with van der Waals surface area (Å²) < 4.78 is 13.0. The third-order valence-corrected chi connectivity index (χ3v) is 6.24. The lowest BCUT2D eigenvalue weighted by atomic mass is 9.84. The first-order valence-corrected chi connectivity index (χ1v) is 9.80. The van der Waals surface area contributed by atoms with Crippen LogP contribution in [-0.2, 0) is 10.2 Å².